The lowest BCUT2D eigenvalue weighted by atomic mass is 10.1. The van der Waals surface area contributed by atoms with Crippen LogP contribution >= 0.6 is 24.0 Å². The quantitative estimate of drug-likeness (QED) is 0.217. The van der Waals surface area contributed by atoms with Crippen LogP contribution in [-0.4, -0.2) is 36.0 Å². The summed E-state index contributed by atoms with van der Waals surface area (Å²) >= 11 is 0. The number of ether oxygens (including phenoxy) is 1. The Bertz CT molecular complexity index is 755. The summed E-state index contributed by atoms with van der Waals surface area (Å²) in [7, 11) is 1.72. The highest BCUT2D eigenvalue weighted by atomic mass is 127. The van der Waals surface area contributed by atoms with Gasteiger partial charge >= 0.3 is 0 Å². The minimum absolute atomic E-state index is 0. The Balaban J connectivity index is 0.00000420. The van der Waals surface area contributed by atoms with Gasteiger partial charge in [-0.05, 0) is 32.8 Å². The standard InChI is InChI=1S/C22H35N5O.HI/c1-6-7-12-23-22(24-15-20-10-8-17(2)9-11-20)25-16-21-18(3)26-27(19(21)4)13-14-28-5;/h8-11H,6-7,12-16H2,1-5H3,(H2,23,24,25);1H. The minimum atomic E-state index is 0. The Hall–Kier alpha value is -1.61. The minimum Gasteiger partial charge on any atom is -0.383 e. The Morgan fingerprint density at radius 3 is 2.52 bits per heavy atom. The van der Waals surface area contributed by atoms with Crippen LogP contribution in [0.3, 0.4) is 0 Å². The van der Waals surface area contributed by atoms with Crippen LogP contribution in [-0.2, 0) is 24.4 Å². The summed E-state index contributed by atoms with van der Waals surface area (Å²) in [6.07, 6.45) is 2.28. The van der Waals surface area contributed by atoms with Crippen LogP contribution in [0.1, 0.15) is 47.8 Å². The normalized spacial score (nSPS) is 11.3. The lowest BCUT2D eigenvalue weighted by molar-refractivity contribution is 0.182. The maximum Gasteiger partial charge on any atom is 0.191 e. The van der Waals surface area contributed by atoms with E-state index in [1.807, 2.05) is 4.68 Å². The Morgan fingerprint density at radius 2 is 1.86 bits per heavy atom. The number of aromatic nitrogens is 2. The van der Waals surface area contributed by atoms with Crippen LogP contribution in [0.4, 0.5) is 0 Å². The molecule has 0 saturated heterocycles. The molecule has 1 aromatic heterocycles. The molecule has 162 valence electrons. The van der Waals surface area contributed by atoms with Gasteiger partial charge in [-0.3, -0.25) is 4.68 Å². The van der Waals surface area contributed by atoms with E-state index in [1.54, 1.807) is 7.11 Å². The summed E-state index contributed by atoms with van der Waals surface area (Å²) in [4.78, 5) is 4.77. The second kappa shape index (κ2) is 13.6. The molecule has 1 aromatic carbocycles. The van der Waals surface area contributed by atoms with Crippen molar-refractivity contribution < 1.29 is 4.74 Å². The number of aliphatic imine (C=N–C) groups is 1. The topological polar surface area (TPSA) is 63.5 Å². The fourth-order valence-corrected chi connectivity index (χ4v) is 2.98. The molecule has 7 heteroatoms. The fourth-order valence-electron chi connectivity index (χ4n) is 2.98. The van der Waals surface area contributed by atoms with Crippen molar-refractivity contribution in [3.05, 3.63) is 52.3 Å². The van der Waals surface area contributed by atoms with Crippen LogP contribution < -0.4 is 10.6 Å². The first kappa shape index (κ1) is 25.4. The molecule has 0 spiro atoms. The predicted molar refractivity (Wildman–Crippen MR) is 131 cm³/mol. The van der Waals surface area contributed by atoms with E-state index in [1.165, 1.54) is 22.4 Å². The second-order valence-electron chi connectivity index (χ2n) is 7.15. The van der Waals surface area contributed by atoms with E-state index in [4.69, 9.17) is 9.73 Å². The zero-order valence-corrected chi connectivity index (χ0v) is 20.7. The van der Waals surface area contributed by atoms with Crippen LogP contribution in [0.15, 0.2) is 29.3 Å². The molecule has 2 rings (SSSR count). The maximum atomic E-state index is 5.18. The molecule has 0 fully saturated rings. The molecule has 6 nitrogen and oxygen atoms in total. The largest absolute Gasteiger partial charge is 0.383 e. The van der Waals surface area contributed by atoms with Crippen molar-refractivity contribution in [3.8, 4) is 0 Å². The Morgan fingerprint density at radius 1 is 1.14 bits per heavy atom. The molecule has 0 unspecified atom stereocenters. The maximum absolute atomic E-state index is 5.18. The van der Waals surface area contributed by atoms with Gasteiger partial charge in [-0.25, -0.2) is 4.99 Å². The lowest BCUT2D eigenvalue weighted by Crippen LogP contribution is -2.37. The van der Waals surface area contributed by atoms with Crippen molar-refractivity contribution in [1.29, 1.82) is 0 Å². The number of halogens is 1. The number of unbranched alkanes of at least 4 members (excludes halogenated alkanes) is 1. The van der Waals surface area contributed by atoms with Crippen molar-refractivity contribution in [2.45, 2.75) is 60.2 Å². The van der Waals surface area contributed by atoms with E-state index in [9.17, 15) is 0 Å². The van der Waals surface area contributed by atoms with Gasteiger partial charge in [0.05, 0.1) is 25.4 Å². The molecule has 0 amide bonds. The zero-order chi connectivity index (χ0) is 20.4. The fraction of sp³-hybridized carbons (Fsp3) is 0.545. The average Bonchev–Trinajstić information content (AvgIpc) is 2.96. The molecule has 0 aliphatic rings. The van der Waals surface area contributed by atoms with Gasteiger partial charge in [0.25, 0.3) is 0 Å². The molecule has 0 aliphatic carbocycles. The monoisotopic (exact) mass is 513 g/mol. The van der Waals surface area contributed by atoms with Crippen molar-refractivity contribution >= 4 is 29.9 Å². The number of benzene rings is 1. The highest BCUT2D eigenvalue weighted by molar-refractivity contribution is 14.0. The van der Waals surface area contributed by atoms with Gasteiger partial charge in [0.15, 0.2) is 5.96 Å². The summed E-state index contributed by atoms with van der Waals surface area (Å²) in [5.41, 5.74) is 5.92. The van der Waals surface area contributed by atoms with Gasteiger partial charge in [0, 0.05) is 31.5 Å². The van der Waals surface area contributed by atoms with Gasteiger partial charge < -0.3 is 15.4 Å². The molecule has 0 bridgehead atoms. The zero-order valence-electron chi connectivity index (χ0n) is 18.4. The molecular weight excluding hydrogens is 477 g/mol. The van der Waals surface area contributed by atoms with E-state index in [0.717, 1.165) is 37.6 Å². The van der Waals surface area contributed by atoms with Crippen LogP contribution in [0.5, 0.6) is 0 Å². The molecule has 0 saturated carbocycles. The van der Waals surface area contributed by atoms with E-state index >= 15 is 0 Å². The highest BCUT2D eigenvalue weighted by Crippen LogP contribution is 2.13. The van der Waals surface area contributed by atoms with E-state index in [0.29, 0.717) is 19.7 Å². The number of guanidine groups is 1. The lowest BCUT2D eigenvalue weighted by Gasteiger charge is -2.13. The SMILES string of the molecule is CCCCNC(=NCc1ccc(C)cc1)NCc1c(C)nn(CCOC)c1C.I. The van der Waals surface area contributed by atoms with Gasteiger partial charge in [-0.1, -0.05) is 43.2 Å². The van der Waals surface area contributed by atoms with E-state index in [-0.39, 0.29) is 24.0 Å². The molecule has 2 aromatic rings. The molecule has 2 N–H and O–H groups in total. The van der Waals surface area contributed by atoms with Crippen molar-refractivity contribution in [1.82, 2.24) is 20.4 Å². The first-order valence-electron chi connectivity index (χ1n) is 10.1. The smallest absolute Gasteiger partial charge is 0.191 e. The number of hydrogen-bond acceptors (Lipinski definition) is 3. The van der Waals surface area contributed by atoms with Crippen molar-refractivity contribution in [2.24, 2.45) is 4.99 Å². The summed E-state index contributed by atoms with van der Waals surface area (Å²) < 4.78 is 7.20. The Labute approximate surface area is 192 Å². The average molecular weight is 513 g/mol. The molecular formula is C22H36IN5O. The molecule has 1 heterocycles. The predicted octanol–water partition coefficient (Wildman–Crippen LogP) is 4.11. The number of aryl methyl sites for hydroxylation is 2. The van der Waals surface area contributed by atoms with Gasteiger partial charge in [0.2, 0.25) is 0 Å². The highest BCUT2D eigenvalue weighted by Gasteiger charge is 2.12. The number of hydrogen-bond donors (Lipinski definition) is 2. The van der Waals surface area contributed by atoms with Gasteiger partial charge in [-0.15, -0.1) is 24.0 Å². The number of methoxy groups -OCH3 is 1. The van der Waals surface area contributed by atoms with E-state index in [2.05, 4.69) is 67.7 Å². The van der Waals surface area contributed by atoms with Crippen molar-refractivity contribution in [3.63, 3.8) is 0 Å². The summed E-state index contributed by atoms with van der Waals surface area (Å²) in [5.74, 6) is 0.845. The summed E-state index contributed by atoms with van der Waals surface area (Å²) in [6.45, 7) is 12.2. The third-order valence-electron chi connectivity index (χ3n) is 4.83. The number of rotatable bonds is 10. The summed E-state index contributed by atoms with van der Waals surface area (Å²) in [6, 6.07) is 8.53. The second-order valence-corrected chi connectivity index (χ2v) is 7.15. The number of nitrogens with zero attached hydrogens (tertiary/aromatic N) is 3. The van der Waals surface area contributed by atoms with Gasteiger partial charge in [0.1, 0.15) is 0 Å². The molecule has 0 atom stereocenters. The first-order valence-corrected chi connectivity index (χ1v) is 10.1. The van der Waals surface area contributed by atoms with Gasteiger partial charge in [-0.2, -0.15) is 5.10 Å². The third-order valence-corrected chi connectivity index (χ3v) is 4.83. The van der Waals surface area contributed by atoms with Crippen LogP contribution in [0, 0.1) is 20.8 Å². The number of nitrogens with one attached hydrogen (secondary N) is 2. The van der Waals surface area contributed by atoms with Crippen molar-refractivity contribution in [2.75, 3.05) is 20.3 Å². The summed E-state index contributed by atoms with van der Waals surface area (Å²) in [5, 5.41) is 11.6. The molecule has 0 aliphatic heterocycles. The van der Waals surface area contributed by atoms with E-state index < -0.39 is 0 Å². The molecule has 0 radical (unpaired) electrons. The van der Waals surface area contributed by atoms with Crippen LogP contribution in [0.2, 0.25) is 0 Å². The van der Waals surface area contributed by atoms with Crippen LogP contribution in [0.25, 0.3) is 0 Å². The Kier molecular flexibility index (Phi) is 11.9. The first-order chi connectivity index (χ1) is 13.5. The molecule has 29 heavy (non-hydrogen) atoms. The third kappa shape index (κ3) is 8.34.